The predicted molar refractivity (Wildman–Crippen MR) is 104 cm³/mol. The Morgan fingerprint density at radius 1 is 0.962 bits per heavy atom. The Morgan fingerprint density at radius 3 is 2.58 bits per heavy atom. The summed E-state index contributed by atoms with van der Waals surface area (Å²) in [5, 5.41) is 4.49. The molecule has 0 bridgehead atoms. The number of fused-ring (bicyclic) bond motifs is 2. The average Bonchev–Trinajstić information content (AvgIpc) is 2.66. The van der Waals surface area contributed by atoms with Crippen molar-refractivity contribution in [3.05, 3.63) is 66.7 Å². The van der Waals surface area contributed by atoms with E-state index >= 15 is 0 Å². The standard InChI is InChI=1S/C22H22O4/c1-3-21(23)25-12-10-24-11-13-26-22-19-7-5-4-6-17(19)15-18-9-8-16(2)14-20(18)22/h3-9,14-15H,1,10-13H2,2H3. The van der Waals surface area contributed by atoms with E-state index in [1.54, 1.807) is 0 Å². The van der Waals surface area contributed by atoms with Crippen LogP contribution in [0, 0.1) is 6.92 Å². The van der Waals surface area contributed by atoms with Gasteiger partial charge < -0.3 is 14.2 Å². The molecule has 0 spiro atoms. The SMILES string of the molecule is C=CC(=O)OCCOCCOc1c2ccccc2cc2ccc(C)cc12. The van der Waals surface area contributed by atoms with Crippen molar-refractivity contribution >= 4 is 27.5 Å². The van der Waals surface area contributed by atoms with E-state index in [1.165, 1.54) is 5.56 Å². The Hall–Kier alpha value is -2.85. The van der Waals surface area contributed by atoms with Crippen molar-refractivity contribution in [2.24, 2.45) is 0 Å². The van der Waals surface area contributed by atoms with Gasteiger partial charge in [-0.3, -0.25) is 0 Å². The normalized spacial score (nSPS) is 10.8. The topological polar surface area (TPSA) is 44.8 Å². The maximum Gasteiger partial charge on any atom is 0.330 e. The molecule has 3 aromatic carbocycles. The zero-order chi connectivity index (χ0) is 18.4. The number of ether oxygens (including phenoxy) is 3. The molecule has 3 rings (SSSR count). The third-order valence-electron chi connectivity index (χ3n) is 4.08. The first-order valence-corrected chi connectivity index (χ1v) is 8.61. The summed E-state index contributed by atoms with van der Waals surface area (Å²) in [4.78, 5) is 10.9. The number of rotatable bonds is 8. The van der Waals surface area contributed by atoms with Crippen molar-refractivity contribution in [3.8, 4) is 5.75 Å². The molecule has 0 saturated heterocycles. The lowest BCUT2D eigenvalue weighted by molar-refractivity contribution is -0.139. The molecule has 0 aliphatic rings. The van der Waals surface area contributed by atoms with Gasteiger partial charge in [-0.25, -0.2) is 4.79 Å². The first-order valence-electron chi connectivity index (χ1n) is 8.61. The molecule has 4 nitrogen and oxygen atoms in total. The van der Waals surface area contributed by atoms with Crippen molar-refractivity contribution < 1.29 is 19.0 Å². The summed E-state index contributed by atoms with van der Waals surface area (Å²) in [6, 6.07) is 16.8. The monoisotopic (exact) mass is 350 g/mol. The molecule has 134 valence electrons. The van der Waals surface area contributed by atoms with Gasteiger partial charge in [0.1, 0.15) is 19.0 Å². The summed E-state index contributed by atoms with van der Waals surface area (Å²) >= 11 is 0. The van der Waals surface area contributed by atoms with Crippen LogP contribution in [0.2, 0.25) is 0 Å². The minimum atomic E-state index is -0.442. The first-order chi connectivity index (χ1) is 12.7. The predicted octanol–water partition coefficient (Wildman–Crippen LogP) is 4.43. The molecule has 0 saturated carbocycles. The Balaban J connectivity index is 1.69. The van der Waals surface area contributed by atoms with Gasteiger partial charge in [-0.2, -0.15) is 0 Å². The van der Waals surface area contributed by atoms with E-state index in [1.807, 2.05) is 12.1 Å². The summed E-state index contributed by atoms with van der Waals surface area (Å²) in [5.41, 5.74) is 1.19. The fourth-order valence-corrected chi connectivity index (χ4v) is 2.86. The van der Waals surface area contributed by atoms with E-state index in [2.05, 4.69) is 49.9 Å². The summed E-state index contributed by atoms with van der Waals surface area (Å²) < 4.78 is 16.4. The minimum absolute atomic E-state index is 0.210. The molecule has 0 heterocycles. The van der Waals surface area contributed by atoms with E-state index in [9.17, 15) is 4.79 Å². The summed E-state index contributed by atoms with van der Waals surface area (Å²) in [6.45, 7) is 6.80. The van der Waals surface area contributed by atoms with Gasteiger partial charge in [-0.15, -0.1) is 0 Å². The van der Waals surface area contributed by atoms with Crippen molar-refractivity contribution in [2.45, 2.75) is 6.92 Å². The van der Waals surface area contributed by atoms with Crippen LogP contribution in [0.1, 0.15) is 5.56 Å². The zero-order valence-electron chi connectivity index (χ0n) is 14.9. The second-order valence-corrected chi connectivity index (χ2v) is 5.98. The highest BCUT2D eigenvalue weighted by molar-refractivity contribution is 6.05. The number of hydrogen-bond acceptors (Lipinski definition) is 4. The molecule has 0 unspecified atom stereocenters. The van der Waals surface area contributed by atoms with Gasteiger partial charge in [-0.1, -0.05) is 48.5 Å². The quantitative estimate of drug-likeness (QED) is 0.261. The van der Waals surface area contributed by atoms with Crippen LogP contribution in [-0.2, 0) is 14.3 Å². The number of aryl methyl sites for hydroxylation is 1. The summed E-state index contributed by atoms with van der Waals surface area (Å²) in [7, 11) is 0. The summed E-state index contributed by atoms with van der Waals surface area (Å²) in [5.74, 6) is 0.436. The van der Waals surface area contributed by atoms with E-state index in [4.69, 9.17) is 14.2 Å². The molecule has 0 aliphatic carbocycles. The second-order valence-electron chi connectivity index (χ2n) is 5.98. The van der Waals surface area contributed by atoms with Gasteiger partial charge in [-0.05, 0) is 29.8 Å². The maximum atomic E-state index is 10.9. The third kappa shape index (κ3) is 4.21. The van der Waals surface area contributed by atoms with E-state index in [0.717, 1.165) is 33.4 Å². The van der Waals surface area contributed by atoms with Crippen LogP contribution in [0.25, 0.3) is 21.5 Å². The molecule has 26 heavy (non-hydrogen) atoms. The first kappa shape index (κ1) is 18.0. The van der Waals surface area contributed by atoms with E-state index in [-0.39, 0.29) is 6.61 Å². The highest BCUT2D eigenvalue weighted by atomic mass is 16.6. The largest absolute Gasteiger partial charge is 0.490 e. The van der Waals surface area contributed by atoms with Crippen LogP contribution in [0.15, 0.2) is 61.2 Å². The maximum absolute atomic E-state index is 10.9. The van der Waals surface area contributed by atoms with Crippen molar-refractivity contribution in [2.75, 3.05) is 26.4 Å². The van der Waals surface area contributed by atoms with Crippen molar-refractivity contribution in [1.29, 1.82) is 0 Å². The lowest BCUT2D eigenvalue weighted by Gasteiger charge is -2.14. The molecular weight excluding hydrogens is 328 g/mol. The molecule has 0 aliphatic heterocycles. The van der Waals surface area contributed by atoms with Crippen LogP contribution < -0.4 is 4.74 Å². The van der Waals surface area contributed by atoms with Gasteiger partial charge in [0.05, 0.1) is 13.2 Å². The number of esters is 1. The number of benzene rings is 3. The third-order valence-corrected chi connectivity index (χ3v) is 4.08. The van der Waals surface area contributed by atoms with Crippen LogP contribution in [0.4, 0.5) is 0 Å². The van der Waals surface area contributed by atoms with E-state index in [0.29, 0.717) is 19.8 Å². The molecule has 0 amide bonds. The Labute approximate surface area is 153 Å². The van der Waals surface area contributed by atoms with E-state index < -0.39 is 5.97 Å². The molecule has 3 aromatic rings. The number of hydrogen-bond donors (Lipinski definition) is 0. The van der Waals surface area contributed by atoms with Crippen LogP contribution in [-0.4, -0.2) is 32.4 Å². The highest BCUT2D eigenvalue weighted by Gasteiger charge is 2.09. The fraction of sp³-hybridized carbons (Fsp3) is 0.227. The fourth-order valence-electron chi connectivity index (χ4n) is 2.86. The van der Waals surface area contributed by atoms with Crippen LogP contribution in [0.5, 0.6) is 5.75 Å². The molecular formula is C22H22O4. The van der Waals surface area contributed by atoms with Gasteiger partial charge in [0.2, 0.25) is 0 Å². The lowest BCUT2D eigenvalue weighted by atomic mass is 10.0. The van der Waals surface area contributed by atoms with Gasteiger partial charge >= 0.3 is 5.97 Å². The van der Waals surface area contributed by atoms with Crippen molar-refractivity contribution in [3.63, 3.8) is 0 Å². The van der Waals surface area contributed by atoms with Crippen LogP contribution in [0.3, 0.4) is 0 Å². The second kappa shape index (κ2) is 8.50. The van der Waals surface area contributed by atoms with Crippen LogP contribution >= 0.6 is 0 Å². The molecule has 0 radical (unpaired) electrons. The number of carbonyl (C=O) groups is 1. The van der Waals surface area contributed by atoms with Gasteiger partial charge in [0, 0.05) is 16.8 Å². The Kier molecular flexibility index (Phi) is 5.87. The zero-order valence-corrected chi connectivity index (χ0v) is 14.9. The Bertz CT molecular complexity index is 930. The lowest BCUT2D eigenvalue weighted by Crippen LogP contribution is -2.12. The molecule has 0 fully saturated rings. The Morgan fingerprint density at radius 2 is 1.73 bits per heavy atom. The minimum Gasteiger partial charge on any atom is -0.490 e. The average molecular weight is 350 g/mol. The number of carbonyl (C=O) groups excluding carboxylic acids is 1. The van der Waals surface area contributed by atoms with Gasteiger partial charge in [0.25, 0.3) is 0 Å². The molecule has 0 atom stereocenters. The smallest absolute Gasteiger partial charge is 0.330 e. The van der Waals surface area contributed by atoms with Crippen molar-refractivity contribution in [1.82, 2.24) is 0 Å². The highest BCUT2D eigenvalue weighted by Crippen LogP contribution is 2.35. The molecule has 0 N–H and O–H groups in total. The molecule has 4 heteroatoms. The molecule has 0 aromatic heterocycles. The summed E-state index contributed by atoms with van der Waals surface area (Å²) in [6.07, 6.45) is 1.14. The van der Waals surface area contributed by atoms with Gasteiger partial charge in [0.15, 0.2) is 0 Å².